The van der Waals surface area contributed by atoms with Gasteiger partial charge in [0.2, 0.25) is 0 Å². The quantitative estimate of drug-likeness (QED) is 0.631. The zero-order chi connectivity index (χ0) is 23.5. The van der Waals surface area contributed by atoms with Gasteiger partial charge in [0.15, 0.2) is 11.4 Å². The van der Waals surface area contributed by atoms with Gasteiger partial charge in [0.1, 0.15) is 5.75 Å². The number of aromatic hydroxyl groups is 1. The van der Waals surface area contributed by atoms with Crippen LogP contribution < -0.4 is 4.90 Å². The number of alkyl halides is 6. The molecule has 0 spiro atoms. The molecule has 2 aliphatic rings. The van der Waals surface area contributed by atoms with Crippen molar-refractivity contribution >= 4 is 5.82 Å². The van der Waals surface area contributed by atoms with E-state index >= 15 is 0 Å². The minimum absolute atomic E-state index is 0.121. The third kappa shape index (κ3) is 3.87. The zero-order valence-electron chi connectivity index (χ0n) is 17.1. The lowest BCUT2D eigenvalue weighted by molar-refractivity contribution is -0.271. The number of benzene rings is 1. The Kier molecular flexibility index (Phi) is 5.30. The smallest absolute Gasteiger partial charge is 0.417 e. The summed E-state index contributed by atoms with van der Waals surface area (Å²) in [5, 5.41) is 28.5. The Morgan fingerprint density at radius 2 is 1.81 bits per heavy atom. The van der Waals surface area contributed by atoms with Crippen LogP contribution in [-0.4, -0.2) is 44.8 Å². The molecule has 4 rings (SSSR count). The molecule has 1 fully saturated rings. The maximum atomic E-state index is 13.3. The number of fused-ring (bicyclic) bond motifs is 1. The van der Waals surface area contributed by atoms with E-state index < -0.39 is 41.7 Å². The number of anilines is 1. The van der Waals surface area contributed by atoms with E-state index in [9.17, 15) is 36.6 Å². The summed E-state index contributed by atoms with van der Waals surface area (Å²) in [5.41, 5.74) is -2.57. The van der Waals surface area contributed by atoms with Crippen LogP contribution in [-0.2, 0) is 12.6 Å². The molecule has 2 atom stereocenters. The molecule has 0 radical (unpaired) electrons. The summed E-state index contributed by atoms with van der Waals surface area (Å²) >= 11 is 0. The summed E-state index contributed by atoms with van der Waals surface area (Å²) in [4.78, 5) is 1.71. The highest BCUT2D eigenvalue weighted by atomic mass is 19.4. The summed E-state index contributed by atoms with van der Waals surface area (Å²) in [6, 6.07) is 2.58. The van der Waals surface area contributed by atoms with Crippen molar-refractivity contribution in [3.63, 3.8) is 0 Å². The van der Waals surface area contributed by atoms with Gasteiger partial charge >= 0.3 is 12.4 Å². The molecular weight excluding hydrogens is 440 g/mol. The molecule has 2 aromatic rings. The molecule has 1 aliphatic heterocycles. The molecular formula is C21H21F6N3O2. The molecule has 5 nitrogen and oxygen atoms in total. The summed E-state index contributed by atoms with van der Waals surface area (Å²) in [5.74, 6) is -0.182. The predicted molar refractivity (Wildman–Crippen MR) is 103 cm³/mol. The minimum atomic E-state index is -4.72. The SMILES string of the molecule is Cc1cc(C(F)(F)F)cc(O)c1-c1cc2c(nn1)N([C@H]1CCC[C@](O)(C(F)(F)F)C1)CC2. The first-order valence-corrected chi connectivity index (χ1v) is 10.1. The Labute approximate surface area is 179 Å². The number of aryl methyl sites for hydroxylation is 1. The first kappa shape index (κ1) is 22.6. The molecule has 0 saturated heterocycles. The molecule has 0 bridgehead atoms. The number of hydrogen-bond donors (Lipinski definition) is 2. The number of hydrogen-bond acceptors (Lipinski definition) is 5. The molecule has 1 saturated carbocycles. The number of phenols is 1. The van der Waals surface area contributed by atoms with Crippen LogP contribution in [0, 0.1) is 6.92 Å². The second-order valence-electron chi connectivity index (χ2n) is 8.49. The van der Waals surface area contributed by atoms with Crippen LogP contribution in [0.3, 0.4) is 0 Å². The van der Waals surface area contributed by atoms with Crippen LogP contribution >= 0.6 is 0 Å². The minimum Gasteiger partial charge on any atom is -0.507 e. The lowest BCUT2D eigenvalue weighted by atomic mass is 9.80. The fourth-order valence-corrected chi connectivity index (χ4v) is 4.69. The largest absolute Gasteiger partial charge is 0.507 e. The van der Waals surface area contributed by atoms with Gasteiger partial charge in [-0.05, 0) is 56.4 Å². The molecule has 174 valence electrons. The zero-order valence-corrected chi connectivity index (χ0v) is 17.1. The Morgan fingerprint density at radius 3 is 2.44 bits per heavy atom. The van der Waals surface area contributed by atoms with Gasteiger partial charge in [-0.15, -0.1) is 10.2 Å². The van der Waals surface area contributed by atoms with Crippen molar-refractivity contribution in [1.29, 1.82) is 0 Å². The van der Waals surface area contributed by atoms with Crippen molar-refractivity contribution in [2.75, 3.05) is 11.4 Å². The molecule has 1 aromatic carbocycles. The average molecular weight is 461 g/mol. The van der Waals surface area contributed by atoms with E-state index in [1.165, 1.54) is 6.92 Å². The number of phenolic OH excluding ortho intramolecular Hbond substituents is 1. The Bertz CT molecular complexity index is 1020. The molecule has 1 aliphatic carbocycles. The van der Waals surface area contributed by atoms with Gasteiger partial charge in [-0.2, -0.15) is 26.3 Å². The van der Waals surface area contributed by atoms with Gasteiger partial charge in [-0.3, -0.25) is 0 Å². The van der Waals surface area contributed by atoms with Crippen molar-refractivity contribution in [3.05, 3.63) is 34.9 Å². The predicted octanol–water partition coefficient (Wildman–Crippen LogP) is 4.77. The summed E-state index contributed by atoms with van der Waals surface area (Å²) in [6.07, 6.45) is -8.98. The van der Waals surface area contributed by atoms with Crippen molar-refractivity contribution in [3.8, 4) is 17.0 Å². The Balaban J connectivity index is 1.63. The van der Waals surface area contributed by atoms with E-state index in [0.29, 0.717) is 36.8 Å². The fraction of sp³-hybridized carbons (Fsp3) is 0.524. The van der Waals surface area contributed by atoms with Gasteiger partial charge in [0.25, 0.3) is 0 Å². The number of halogens is 6. The number of aromatic nitrogens is 2. The summed E-state index contributed by atoms with van der Waals surface area (Å²) in [7, 11) is 0. The lowest BCUT2D eigenvalue weighted by Crippen LogP contribution is -2.53. The first-order chi connectivity index (χ1) is 14.8. The van der Waals surface area contributed by atoms with Gasteiger partial charge < -0.3 is 15.1 Å². The first-order valence-electron chi connectivity index (χ1n) is 10.1. The molecule has 2 heterocycles. The van der Waals surface area contributed by atoms with Crippen LogP contribution in [0.25, 0.3) is 11.3 Å². The number of nitrogens with zero attached hydrogens (tertiary/aromatic N) is 3. The maximum absolute atomic E-state index is 13.3. The van der Waals surface area contributed by atoms with Crippen LogP contribution in [0.5, 0.6) is 5.75 Å². The molecule has 0 amide bonds. The van der Waals surface area contributed by atoms with Gasteiger partial charge in [-0.1, -0.05) is 0 Å². The molecule has 2 N–H and O–H groups in total. The van der Waals surface area contributed by atoms with Gasteiger partial charge in [0.05, 0.1) is 11.3 Å². The second-order valence-corrected chi connectivity index (χ2v) is 8.49. The van der Waals surface area contributed by atoms with Crippen molar-refractivity contribution in [2.45, 2.75) is 63.0 Å². The Morgan fingerprint density at radius 1 is 1.09 bits per heavy atom. The Hall–Kier alpha value is -2.56. The third-order valence-electron chi connectivity index (χ3n) is 6.31. The third-order valence-corrected chi connectivity index (χ3v) is 6.31. The second kappa shape index (κ2) is 7.50. The highest BCUT2D eigenvalue weighted by Crippen LogP contribution is 2.45. The molecule has 11 heteroatoms. The van der Waals surface area contributed by atoms with Gasteiger partial charge in [-0.25, -0.2) is 0 Å². The van der Waals surface area contributed by atoms with Crippen LogP contribution in [0.4, 0.5) is 32.2 Å². The van der Waals surface area contributed by atoms with Crippen LogP contribution in [0.1, 0.15) is 42.4 Å². The fourth-order valence-electron chi connectivity index (χ4n) is 4.69. The van der Waals surface area contributed by atoms with Gasteiger partial charge in [0, 0.05) is 30.1 Å². The summed E-state index contributed by atoms with van der Waals surface area (Å²) in [6.45, 7) is 1.82. The highest BCUT2D eigenvalue weighted by molar-refractivity contribution is 5.73. The van der Waals surface area contributed by atoms with Crippen molar-refractivity contribution in [2.24, 2.45) is 0 Å². The van der Waals surface area contributed by atoms with Crippen molar-refractivity contribution in [1.82, 2.24) is 10.2 Å². The molecule has 1 aromatic heterocycles. The van der Waals surface area contributed by atoms with Crippen LogP contribution in [0.2, 0.25) is 0 Å². The average Bonchev–Trinajstić information content (AvgIpc) is 3.09. The lowest BCUT2D eigenvalue weighted by Gasteiger charge is -2.41. The monoisotopic (exact) mass is 461 g/mol. The van der Waals surface area contributed by atoms with Crippen molar-refractivity contribution < 1.29 is 36.6 Å². The van der Waals surface area contributed by atoms with E-state index in [2.05, 4.69) is 10.2 Å². The number of aliphatic hydroxyl groups is 1. The van der Waals surface area contributed by atoms with E-state index in [4.69, 9.17) is 0 Å². The standard InChI is InChI=1S/C21H21F6N3O2/c1-11-7-13(20(22,23)24)9-16(31)17(11)15-8-12-4-6-30(18(12)29-28-15)14-3-2-5-19(32,10-14)21(25,26)27/h7-9,14,31-32H,2-6,10H2,1H3/t14-,19+/m0/s1. The summed E-state index contributed by atoms with van der Waals surface area (Å²) < 4.78 is 78.9. The van der Waals surface area contributed by atoms with E-state index in [1.54, 1.807) is 11.0 Å². The topological polar surface area (TPSA) is 69.5 Å². The number of rotatable bonds is 2. The molecule has 0 unspecified atom stereocenters. The maximum Gasteiger partial charge on any atom is 0.417 e. The highest BCUT2D eigenvalue weighted by Gasteiger charge is 2.56. The molecule has 32 heavy (non-hydrogen) atoms. The van der Waals surface area contributed by atoms with E-state index in [-0.39, 0.29) is 29.7 Å². The normalized spacial score (nSPS) is 24.0. The van der Waals surface area contributed by atoms with E-state index in [0.717, 1.165) is 6.07 Å². The van der Waals surface area contributed by atoms with E-state index in [1.807, 2.05) is 0 Å². The van der Waals surface area contributed by atoms with Crippen LogP contribution in [0.15, 0.2) is 18.2 Å².